The first-order valence-corrected chi connectivity index (χ1v) is 3.66. The molecule has 6 heteroatoms. The molecule has 1 aromatic heterocycles. The summed E-state index contributed by atoms with van der Waals surface area (Å²) < 4.78 is 17.6. The van der Waals surface area contributed by atoms with Gasteiger partial charge in [0.2, 0.25) is 0 Å². The van der Waals surface area contributed by atoms with Crippen molar-refractivity contribution >= 4 is 11.7 Å². The highest BCUT2D eigenvalue weighted by Gasteiger charge is 2.14. The fourth-order valence-electron chi connectivity index (χ4n) is 0.893. The Labute approximate surface area is 74.3 Å². The first-order chi connectivity index (χ1) is 6.19. The zero-order chi connectivity index (χ0) is 9.84. The molecule has 5 nitrogen and oxygen atoms in total. The van der Waals surface area contributed by atoms with Gasteiger partial charge in [-0.25, -0.2) is 9.18 Å². The van der Waals surface area contributed by atoms with Crippen LogP contribution in [0.3, 0.4) is 0 Å². The van der Waals surface area contributed by atoms with E-state index in [1.807, 2.05) is 0 Å². The second-order valence-corrected chi connectivity index (χ2v) is 2.38. The van der Waals surface area contributed by atoms with Crippen LogP contribution in [0, 0.1) is 0 Å². The van der Waals surface area contributed by atoms with Crippen LogP contribution < -0.4 is 5.73 Å². The number of carbonyl (C=O) groups is 1. The number of rotatable bonds is 3. The predicted molar refractivity (Wildman–Crippen MR) is 44.0 cm³/mol. The third-order valence-electron chi connectivity index (χ3n) is 1.48. The van der Waals surface area contributed by atoms with Gasteiger partial charge in [-0.05, 0) is 0 Å². The van der Waals surface area contributed by atoms with Crippen molar-refractivity contribution in [2.24, 2.45) is 0 Å². The van der Waals surface area contributed by atoms with E-state index in [9.17, 15) is 9.18 Å². The van der Waals surface area contributed by atoms with Crippen molar-refractivity contribution in [3.8, 4) is 0 Å². The molecule has 0 unspecified atom stereocenters. The Hall–Kier alpha value is -1.59. The zero-order valence-corrected chi connectivity index (χ0v) is 7.16. The fraction of sp³-hybridized carbons (Fsp3) is 0.429. The van der Waals surface area contributed by atoms with Crippen molar-refractivity contribution in [2.45, 2.75) is 6.54 Å². The third-order valence-corrected chi connectivity index (χ3v) is 1.48. The van der Waals surface area contributed by atoms with Gasteiger partial charge in [0, 0.05) is 6.20 Å². The summed E-state index contributed by atoms with van der Waals surface area (Å²) in [6.45, 7) is -0.469. The van der Waals surface area contributed by atoms with Crippen LogP contribution >= 0.6 is 0 Å². The van der Waals surface area contributed by atoms with Gasteiger partial charge < -0.3 is 10.5 Å². The molecule has 2 N–H and O–H groups in total. The molecule has 1 heterocycles. The Morgan fingerprint density at radius 2 is 2.54 bits per heavy atom. The SMILES string of the molecule is COC(=O)c1nn(CCF)cc1N. The molecule has 1 aromatic rings. The lowest BCUT2D eigenvalue weighted by atomic mass is 10.4. The molecule has 0 fully saturated rings. The number of hydrogen-bond acceptors (Lipinski definition) is 4. The first-order valence-electron chi connectivity index (χ1n) is 3.66. The van der Waals surface area contributed by atoms with Crippen LogP contribution in [0.15, 0.2) is 6.20 Å². The highest BCUT2D eigenvalue weighted by molar-refractivity contribution is 5.92. The standard InChI is InChI=1S/C7H10FN3O2/c1-13-7(12)6-5(9)4-11(10-6)3-2-8/h4H,2-3,9H2,1H3. The molecule has 0 aliphatic heterocycles. The molecule has 0 aliphatic rings. The number of hydrogen-bond donors (Lipinski definition) is 1. The second-order valence-electron chi connectivity index (χ2n) is 2.38. The van der Waals surface area contributed by atoms with Crippen LogP contribution in [0.2, 0.25) is 0 Å². The molecule has 0 atom stereocenters. The second kappa shape index (κ2) is 3.88. The number of nitrogen functional groups attached to an aromatic ring is 1. The minimum Gasteiger partial charge on any atom is -0.464 e. The van der Waals surface area contributed by atoms with E-state index in [0.717, 1.165) is 0 Å². The number of carbonyl (C=O) groups excluding carboxylic acids is 1. The van der Waals surface area contributed by atoms with Crippen LogP contribution in [-0.4, -0.2) is 29.5 Å². The average Bonchev–Trinajstić information content (AvgIpc) is 2.46. The Kier molecular flexibility index (Phi) is 2.84. The van der Waals surface area contributed by atoms with E-state index in [1.165, 1.54) is 18.0 Å². The van der Waals surface area contributed by atoms with E-state index in [0.29, 0.717) is 0 Å². The van der Waals surface area contributed by atoms with Crippen molar-refractivity contribution in [2.75, 3.05) is 19.5 Å². The minimum absolute atomic E-state index is 0.0240. The summed E-state index contributed by atoms with van der Waals surface area (Å²) >= 11 is 0. The van der Waals surface area contributed by atoms with Gasteiger partial charge in [-0.3, -0.25) is 4.68 Å². The number of halogens is 1. The summed E-state index contributed by atoms with van der Waals surface area (Å²) in [4.78, 5) is 11.0. The predicted octanol–water partition coefficient (Wildman–Crippen LogP) is 0.221. The molecule has 0 amide bonds. The Morgan fingerprint density at radius 1 is 1.85 bits per heavy atom. The van der Waals surface area contributed by atoms with E-state index >= 15 is 0 Å². The van der Waals surface area contributed by atoms with E-state index in [2.05, 4.69) is 9.84 Å². The number of nitrogens with zero attached hydrogens (tertiary/aromatic N) is 2. The van der Waals surface area contributed by atoms with E-state index in [-0.39, 0.29) is 17.9 Å². The van der Waals surface area contributed by atoms with E-state index < -0.39 is 12.6 Å². The summed E-state index contributed by atoms with van der Waals surface area (Å²) in [5, 5.41) is 3.75. The molecule has 0 aliphatic carbocycles. The van der Waals surface area contributed by atoms with Crippen molar-refractivity contribution in [3.05, 3.63) is 11.9 Å². The van der Waals surface area contributed by atoms with E-state index in [4.69, 9.17) is 5.73 Å². The van der Waals surface area contributed by atoms with Gasteiger partial charge in [-0.1, -0.05) is 0 Å². The number of methoxy groups -OCH3 is 1. The maximum Gasteiger partial charge on any atom is 0.360 e. The molecule has 0 radical (unpaired) electrons. The number of ether oxygens (including phenoxy) is 1. The Balaban J connectivity index is 2.89. The Bertz CT molecular complexity index is 311. The number of aromatic nitrogens is 2. The molecule has 72 valence electrons. The van der Waals surface area contributed by atoms with Crippen molar-refractivity contribution in [1.29, 1.82) is 0 Å². The summed E-state index contributed by atoms with van der Waals surface area (Å²) in [7, 11) is 1.23. The van der Waals surface area contributed by atoms with Gasteiger partial charge in [0.15, 0.2) is 5.69 Å². The minimum atomic E-state index is -0.616. The quantitative estimate of drug-likeness (QED) is 0.687. The molecule has 0 saturated heterocycles. The van der Waals surface area contributed by atoms with Crippen LogP contribution in [-0.2, 0) is 11.3 Å². The Morgan fingerprint density at radius 3 is 3.08 bits per heavy atom. The van der Waals surface area contributed by atoms with Gasteiger partial charge in [0.25, 0.3) is 0 Å². The maximum absolute atomic E-state index is 11.9. The summed E-state index contributed by atoms with van der Waals surface area (Å²) in [6, 6.07) is 0. The first kappa shape index (κ1) is 9.50. The van der Waals surface area contributed by atoms with Gasteiger partial charge in [-0.15, -0.1) is 0 Å². The highest BCUT2D eigenvalue weighted by atomic mass is 19.1. The molecule has 0 spiro atoms. The lowest BCUT2D eigenvalue weighted by molar-refractivity contribution is 0.0594. The fourth-order valence-corrected chi connectivity index (χ4v) is 0.893. The third kappa shape index (κ3) is 1.95. The highest BCUT2D eigenvalue weighted by Crippen LogP contribution is 2.09. The van der Waals surface area contributed by atoms with Gasteiger partial charge in [0.1, 0.15) is 6.67 Å². The van der Waals surface area contributed by atoms with Gasteiger partial charge in [0.05, 0.1) is 19.3 Å². The normalized spacial score (nSPS) is 10.0. The largest absolute Gasteiger partial charge is 0.464 e. The van der Waals surface area contributed by atoms with Crippen molar-refractivity contribution in [1.82, 2.24) is 9.78 Å². The smallest absolute Gasteiger partial charge is 0.360 e. The van der Waals surface area contributed by atoms with Crippen molar-refractivity contribution < 1.29 is 13.9 Å². The van der Waals surface area contributed by atoms with Crippen LogP contribution in [0.1, 0.15) is 10.5 Å². The van der Waals surface area contributed by atoms with E-state index in [1.54, 1.807) is 0 Å². The lowest BCUT2D eigenvalue weighted by Gasteiger charge is -1.94. The lowest BCUT2D eigenvalue weighted by Crippen LogP contribution is -2.07. The van der Waals surface area contributed by atoms with Crippen LogP contribution in [0.5, 0.6) is 0 Å². The molecule has 13 heavy (non-hydrogen) atoms. The molecule has 0 aromatic carbocycles. The molecule has 0 bridgehead atoms. The summed E-state index contributed by atoms with van der Waals surface area (Å²) in [6.07, 6.45) is 1.39. The van der Waals surface area contributed by atoms with Gasteiger partial charge in [-0.2, -0.15) is 5.10 Å². The topological polar surface area (TPSA) is 70.1 Å². The molecule has 0 saturated carbocycles. The van der Waals surface area contributed by atoms with Gasteiger partial charge >= 0.3 is 5.97 Å². The van der Waals surface area contributed by atoms with Crippen LogP contribution in [0.4, 0.5) is 10.1 Å². The molecular formula is C7H10FN3O2. The molecule has 1 rings (SSSR count). The zero-order valence-electron chi connectivity index (χ0n) is 7.16. The number of esters is 1. The van der Waals surface area contributed by atoms with Crippen LogP contribution in [0.25, 0.3) is 0 Å². The average molecular weight is 187 g/mol. The molecular weight excluding hydrogens is 177 g/mol. The summed E-state index contributed by atoms with van der Waals surface area (Å²) in [5.74, 6) is -0.616. The number of nitrogens with two attached hydrogens (primary N) is 1. The number of alkyl halides is 1. The summed E-state index contributed by atoms with van der Waals surface area (Å²) in [5.41, 5.74) is 5.66. The number of aryl methyl sites for hydroxylation is 1. The maximum atomic E-state index is 11.9. The number of anilines is 1. The monoisotopic (exact) mass is 187 g/mol. The van der Waals surface area contributed by atoms with Crippen molar-refractivity contribution in [3.63, 3.8) is 0 Å².